The van der Waals surface area contributed by atoms with Crippen molar-refractivity contribution in [3.63, 3.8) is 0 Å². The molecule has 22 nitrogen and oxygen atoms in total. The largest absolute Gasteiger partial charge is 0.393 e. The Morgan fingerprint density at radius 2 is 1.15 bits per heavy atom. The van der Waals surface area contributed by atoms with Crippen LogP contribution >= 0.6 is 11.6 Å². The van der Waals surface area contributed by atoms with Gasteiger partial charge in [-0.05, 0) is 114 Å². The van der Waals surface area contributed by atoms with Gasteiger partial charge in [-0.25, -0.2) is 0 Å². The van der Waals surface area contributed by atoms with Gasteiger partial charge in [-0.1, -0.05) is 92.9 Å². The Kier molecular flexibility index (Phi) is 28.3. The minimum atomic E-state index is -4.49. The maximum Gasteiger partial charge on any atom is 0.393 e. The number of amides is 11. The predicted molar refractivity (Wildman–Crippen MR) is 338 cm³/mol. The van der Waals surface area contributed by atoms with Crippen LogP contribution < -0.4 is 21.3 Å². The lowest BCUT2D eigenvalue weighted by atomic mass is 9.78. The van der Waals surface area contributed by atoms with E-state index in [1.165, 1.54) is 66.8 Å². The van der Waals surface area contributed by atoms with Gasteiger partial charge in [-0.3, -0.25) is 52.7 Å². The van der Waals surface area contributed by atoms with E-state index in [-0.39, 0.29) is 107 Å². The summed E-state index contributed by atoms with van der Waals surface area (Å²) in [4.78, 5) is 169. The van der Waals surface area contributed by atoms with E-state index in [4.69, 9.17) is 11.6 Å². The molecule has 3 saturated carbocycles. The van der Waals surface area contributed by atoms with Gasteiger partial charge in [0.2, 0.25) is 65.0 Å². The van der Waals surface area contributed by atoms with Crippen molar-refractivity contribution in [2.75, 3.05) is 68.5 Å². The number of halogens is 4. The fraction of sp³-hybridized carbons (Fsp3) is 0.831. The molecule has 11 amide bonds. The molecule has 1 spiro atoms. The van der Waals surface area contributed by atoms with Gasteiger partial charge in [0.05, 0.1) is 25.6 Å². The average Bonchev–Trinajstić information content (AvgIpc) is 1.77. The SMILES string of the molecule is CC[C@H](C)[C@@H]1NC(=O)[C@H](CC(C)C)N(C)C(=O)C[C@@H](C)NC(=O)[C@H](CC(C)C)N(C)C(=O)C2(CCCC2)NC(=O)[C@@H]2CCCN2C(=O)[C@H](CCC2CCC(C(F)(F)F)C(Cl)C2)NC(=O)CN(C)C(=O)[C@H](CC2CCCCC2)N(C)C(=O)CN(C)C(=O)CN(C)C1=O. The highest BCUT2D eigenvalue weighted by atomic mass is 35.5. The highest BCUT2D eigenvalue weighted by molar-refractivity contribution is 6.20. The Bertz CT molecular complexity index is 2570. The third-order valence-electron chi connectivity index (χ3n) is 19.9. The molecule has 2 saturated heterocycles. The topological polar surface area (TPSA) is 259 Å². The second kappa shape index (κ2) is 33.9. The van der Waals surface area contributed by atoms with Crippen LogP contribution in [0.25, 0.3) is 0 Å². The molecular weight excluding hydrogens is 1200 g/mol. The number of alkyl halides is 4. The van der Waals surface area contributed by atoms with E-state index < -0.39 is 156 Å². The zero-order chi connectivity index (χ0) is 68.0. The zero-order valence-corrected chi connectivity index (χ0v) is 57.1. The minimum absolute atomic E-state index is 0.0149. The lowest BCUT2D eigenvalue weighted by Crippen LogP contribution is -2.64. The molecule has 5 aliphatic rings. The predicted octanol–water partition coefficient (Wildman–Crippen LogP) is 5.62. The van der Waals surface area contributed by atoms with Gasteiger partial charge >= 0.3 is 6.18 Å². The summed E-state index contributed by atoms with van der Waals surface area (Å²) in [6, 6.07) is -7.55. The number of fused-ring (bicyclic) bond motifs is 1. The van der Waals surface area contributed by atoms with Crippen molar-refractivity contribution in [2.45, 2.75) is 243 Å². The van der Waals surface area contributed by atoms with Crippen molar-refractivity contribution in [3.05, 3.63) is 0 Å². The maximum atomic E-state index is 15.1. The van der Waals surface area contributed by atoms with Gasteiger partial charge in [-0.2, -0.15) is 13.2 Å². The number of hydrogen-bond acceptors (Lipinski definition) is 11. The van der Waals surface area contributed by atoms with Crippen LogP contribution in [0.15, 0.2) is 0 Å². The molecule has 0 aromatic carbocycles. The van der Waals surface area contributed by atoms with Gasteiger partial charge in [0.15, 0.2) is 0 Å². The summed E-state index contributed by atoms with van der Waals surface area (Å²) in [5.41, 5.74) is -1.47. The summed E-state index contributed by atoms with van der Waals surface area (Å²) in [5, 5.41) is 10.5. The van der Waals surface area contributed by atoms with Crippen molar-refractivity contribution in [2.24, 2.45) is 35.5 Å². The summed E-state index contributed by atoms with van der Waals surface area (Å²) in [7, 11) is 8.64. The van der Waals surface area contributed by atoms with Crippen molar-refractivity contribution in [1.29, 1.82) is 0 Å². The van der Waals surface area contributed by atoms with Crippen LogP contribution in [-0.4, -0.2) is 227 Å². The molecule has 3 aliphatic carbocycles. The zero-order valence-electron chi connectivity index (χ0n) is 56.4. The summed E-state index contributed by atoms with van der Waals surface area (Å²) < 4.78 is 41.7. The molecule has 3 unspecified atom stereocenters. The Morgan fingerprint density at radius 1 is 0.582 bits per heavy atom. The van der Waals surface area contributed by atoms with Gasteiger partial charge in [0.25, 0.3) is 0 Å². The molecule has 2 heterocycles. The lowest BCUT2D eigenvalue weighted by Gasteiger charge is -2.39. The van der Waals surface area contributed by atoms with Gasteiger partial charge in [0.1, 0.15) is 41.8 Å². The van der Waals surface area contributed by atoms with Crippen LogP contribution in [-0.2, 0) is 52.7 Å². The van der Waals surface area contributed by atoms with Crippen LogP contribution in [0.1, 0.15) is 183 Å². The fourth-order valence-electron chi connectivity index (χ4n) is 14.0. The first-order valence-electron chi connectivity index (χ1n) is 33.4. The van der Waals surface area contributed by atoms with E-state index in [1.807, 2.05) is 34.6 Å². The summed E-state index contributed by atoms with van der Waals surface area (Å²) >= 11 is 6.36. The number of carbonyl (C=O) groups is 11. The third-order valence-corrected chi connectivity index (χ3v) is 20.4. The van der Waals surface area contributed by atoms with E-state index in [0.717, 1.165) is 41.9 Å². The molecule has 2 aliphatic heterocycles. The van der Waals surface area contributed by atoms with Crippen LogP contribution in [0.5, 0.6) is 0 Å². The summed E-state index contributed by atoms with van der Waals surface area (Å²) in [5.74, 6) is -9.17. The summed E-state index contributed by atoms with van der Waals surface area (Å²) in [6.45, 7) is 11.4. The van der Waals surface area contributed by atoms with Crippen molar-refractivity contribution in [1.82, 2.24) is 55.6 Å². The van der Waals surface area contributed by atoms with Crippen LogP contribution in [0.4, 0.5) is 13.2 Å². The second-order valence-electron chi connectivity index (χ2n) is 28.1. The first kappa shape index (κ1) is 76.0. The molecule has 0 bridgehead atoms. The average molecular weight is 1310 g/mol. The quantitative estimate of drug-likeness (QED) is 0.185. The van der Waals surface area contributed by atoms with Crippen LogP contribution in [0.2, 0.25) is 0 Å². The standard InChI is InChI=1S/C65H107ClF3N11O11/c1-14-41(6)56-62(90)76(10)37-54(83)74(8)38-55(84)78(12)51(35-43-21-16-15-17-22-43)61(89)75(9)36-52(81)71-47(27-25-44-24-26-45(46(66)34-44)65(67,68)69)60(88)80-30-20-23-48(80)59(87)73-64(28-18-19-29-64)63(91)79(13)50(32-40(4)5)57(85)70-42(7)33-53(82)77(11)49(31-39(2)3)58(86)72-56/h39-51,56H,14-38H2,1-13H3,(H,70,85)(H,71,81)(H,72,86)(H,73,87)/t41-,42+,44?,45?,46?,47-,48-,49-,50-,51-,56-/m0/s1. The molecule has 5 rings (SSSR count). The monoisotopic (exact) mass is 1310 g/mol. The highest BCUT2D eigenvalue weighted by Crippen LogP contribution is 2.44. The van der Waals surface area contributed by atoms with E-state index >= 15 is 9.59 Å². The molecule has 26 heteroatoms. The maximum absolute atomic E-state index is 15.1. The molecular formula is C65H107ClF3N11O11. The molecule has 91 heavy (non-hydrogen) atoms. The third kappa shape index (κ3) is 20.6. The Hall–Kier alpha value is -5.75. The molecule has 0 aromatic heterocycles. The fourth-order valence-corrected chi connectivity index (χ4v) is 14.5. The smallest absolute Gasteiger partial charge is 0.351 e. The number of rotatable bonds is 11. The van der Waals surface area contributed by atoms with Gasteiger partial charge in [0, 0.05) is 66.7 Å². The number of nitrogens with zero attached hydrogens (tertiary/aromatic N) is 7. The van der Waals surface area contributed by atoms with Crippen molar-refractivity contribution in [3.8, 4) is 0 Å². The molecule has 0 aromatic rings. The Morgan fingerprint density at radius 3 is 1.74 bits per heavy atom. The number of carbonyl (C=O) groups excluding carboxylic acids is 11. The molecule has 516 valence electrons. The van der Waals surface area contributed by atoms with E-state index in [2.05, 4.69) is 21.3 Å². The van der Waals surface area contributed by atoms with Crippen molar-refractivity contribution >= 4 is 76.6 Å². The van der Waals surface area contributed by atoms with Gasteiger partial charge < -0.3 is 55.6 Å². The first-order chi connectivity index (χ1) is 42.6. The lowest BCUT2D eigenvalue weighted by molar-refractivity contribution is -0.182. The molecule has 0 radical (unpaired) electrons. The second-order valence-corrected chi connectivity index (χ2v) is 28.7. The van der Waals surface area contributed by atoms with Crippen molar-refractivity contribution < 1.29 is 65.9 Å². The van der Waals surface area contributed by atoms with Crippen LogP contribution in [0, 0.1) is 35.5 Å². The number of hydrogen-bond donors (Lipinski definition) is 4. The van der Waals surface area contributed by atoms with E-state index in [1.54, 1.807) is 13.8 Å². The number of likely N-dealkylation sites (N-methyl/N-ethyl adjacent to an activating group) is 6. The van der Waals surface area contributed by atoms with Crippen LogP contribution in [0.3, 0.4) is 0 Å². The van der Waals surface area contributed by atoms with Gasteiger partial charge in [-0.15, -0.1) is 11.6 Å². The molecule has 11 atom stereocenters. The Balaban J connectivity index is 1.53. The summed E-state index contributed by atoms with van der Waals surface area (Å²) in [6.07, 6.45) is 3.12. The van der Waals surface area contributed by atoms with E-state index in [9.17, 15) is 56.3 Å². The Labute approximate surface area is 542 Å². The normalized spacial score (nSPS) is 29.7. The van der Waals surface area contributed by atoms with E-state index in [0.29, 0.717) is 25.7 Å². The number of nitrogens with one attached hydrogen (secondary N) is 4. The first-order valence-corrected chi connectivity index (χ1v) is 33.8. The highest BCUT2D eigenvalue weighted by Gasteiger charge is 2.50. The molecule has 4 N–H and O–H groups in total. The minimum Gasteiger partial charge on any atom is -0.351 e. The molecule has 5 fully saturated rings.